The first-order chi connectivity index (χ1) is 9.13. The fourth-order valence-corrected chi connectivity index (χ4v) is 3.41. The highest BCUT2D eigenvalue weighted by atomic mass is 19.1. The normalized spacial score (nSPS) is 30.3. The Morgan fingerprint density at radius 1 is 1.32 bits per heavy atom. The van der Waals surface area contributed by atoms with Gasteiger partial charge in [0, 0.05) is 25.2 Å². The zero-order valence-electron chi connectivity index (χ0n) is 11.3. The molecular weight excluding hydrogens is 243 g/mol. The van der Waals surface area contributed by atoms with Crippen LogP contribution in [0.15, 0.2) is 24.3 Å². The van der Waals surface area contributed by atoms with Gasteiger partial charge in [-0.15, -0.1) is 0 Å². The average molecular weight is 264 g/mol. The maximum atomic E-state index is 13.4. The number of morpholine rings is 1. The van der Waals surface area contributed by atoms with Crippen LogP contribution >= 0.6 is 0 Å². The molecule has 1 aromatic rings. The molecule has 3 rings (SSSR count). The summed E-state index contributed by atoms with van der Waals surface area (Å²) < 4.78 is 19.3. The van der Waals surface area contributed by atoms with Gasteiger partial charge in [-0.2, -0.15) is 0 Å². The first-order valence-electron chi connectivity index (χ1n) is 7.04. The largest absolute Gasteiger partial charge is 0.372 e. The summed E-state index contributed by atoms with van der Waals surface area (Å²) in [5.74, 6) is -0.195. The van der Waals surface area contributed by atoms with Crippen LogP contribution in [0.1, 0.15) is 31.4 Å². The van der Waals surface area contributed by atoms with Gasteiger partial charge in [-0.05, 0) is 37.5 Å². The first-order valence-corrected chi connectivity index (χ1v) is 7.04. The van der Waals surface area contributed by atoms with E-state index in [0.717, 1.165) is 31.5 Å². The molecule has 2 bridgehead atoms. The van der Waals surface area contributed by atoms with Gasteiger partial charge in [0.1, 0.15) is 5.82 Å². The van der Waals surface area contributed by atoms with Crippen molar-refractivity contribution in [2.75, 3.05) is 13.1 Å². The Labute approximate surface area is 113 Å². The molecule has 4 heteroatoms. The van der Waals surface area contributed by atoms with Gasteiger partial charge in [-0.1, -0.05) is 12.1 Å². The Morgan fingerprint density at radius 2 is 2.00 bits per heavy atom. The third kappa shape index (κ3) is 2.66. The van der Waals surface area contributed by atoms with E-state index in [0.29, 0.717) is 12.2 Å². The van der Waals surface area contributed by atoms with E-state index in [9.17, 15) is 4.39 Å². The standard InChI is InChI=1S/C15H21FN2O/c1-10(17)15(11-3-2-4-12(16)7-11)18-8-13-5-6-14(9-18)19-13/h2-4,7,10,13-15H,5-6,8-9,17H2,1H3. The minimum atomic E-state index is -0.195. The van der Waals surface area contributed by atoms with Crippen molar-refractivity contribution in [1.82, 2.24) is 4.90 Å². The van der Waals surface area contributed by atoms with Crippen molar-refractivity contribution in [3.63, 3.8) is 0 Å². The maximum Gasteiger partial charge on any atom is 0.123 e. The average Bonchev–Trinajstić information content (AvgIpc) is 2.68. The molecule has 3 nitrogen and oxygen atoms in total. The van der Waals surface area contributed by atoms with E-state index in [-0.39, 0.29) is 17.9 Å². The second-order valence-electron chi connectivity index (χ2n) is 5.77. The van der Waals surface area contributed by atoms with Gasteiger partial charge >= 0.3 is 0 Å². The summed E-state index contributed by atoms with van der Waals surface area (Å²) in [7, 11) is 0. The topological polar surface area (TPSA) is 38.5 Å². The lowest BCUT2D eigenvalue weighted by Gasteiger charge is -2.40. The van der Waals surface area contributed by atoms with Crippen LogP contribution in [-0.2, 0) is 4.74 Å². The SMILES string of the molecule is CC(N)C(c1cccc(F)c1)N1CC2CCC(C1)O2. The highest BCUT2D eigenvalue weighted by molar-refractivity contribution is 5.22. The second kappa shape index (κ2) is 5.19. The van der Waals surface area contributed by atoms with E-state index >= 15 is 0 Å². The van der Waals surface area contributed by atoms with Crippen molar-refractivity contribution in [2.24, 2.45) is 5.73 Å². The fourth-order valence-electron chi connectivity index (χ4n) is 3.41. The minimum Gasteiger partial charge on any atom is -0.372 e. The number of benzene rings is 1. The molecule has 0 radical (unpaired) electrons. The Balaban J connectivity index is 1.85. The van der Waals surface area contributed by atoms with Crippen LogP contribution in [0.25, 0.3) is 0 Å². The number of nitrogens with two attached hydrogens (primary N) is 1. The van der Waals surface area contributed by atoms with Gasteiger partial charge in [0.15, 0.2) is 0 Å². The Kier molecular flexibility index (Phi) is 3.56. The lowest BCUT2D eigenvalue weighted by molar-refractivity contribution is -0.0560. The third-order valence-electron chi connectivity index (χ3n) is 4.15. The number of rotatable bonds is 3. The van der Waals surface area contributed by atoms with E-state index in [2.05, 4.69) is 4.90 Å². The lowest BCUT2D eigenvalue weighted by atomic mass is 9.98. The third-order valence-corrected chi connectivity index (χ3v) is 4.15. The molecule has 2 aliphatic rings. The molecule has 104 valence electrons. The van der Waals surface area contributed by atoms with Crippen LogP contribution in [0.4, 0.5) is 4.39 Å². The molecule has 1 aromatic carbocycles. The van der Waals surface area contributed by atoms with Crippen LogP contribution < -0.4 is 5.73 Å². The Hall–Kier alpha value is -0.970. The summed E-state index contributed by atoms with van der Waals surface area (Å²) in [5, 5.41) is 0. The molecule has 0 spiro atoms. The van der Waals surface area contributed by atoms with Crippen molar-refractivity contribution in [3.05, 3.63) is 35.6 Å². The van der Waals surface area contributed by atoms with E-state index < -0.39 is 0 Å². The summed E-state index contributed by atoms with van der Waals surface area (Å²) in [5.41, 5.74) is 7.12. The van der Waals surface area contributed by atoms with Crippen LogP contribution in [0, 0.1) is 5.82 Å². The predicted molar refractivity (Wildman–Crippen MR) is 72.3 cm³/mol. The van der Waals surface area contributed by atoms with Gasteiger partial charge in [0.05, 0.1) is 12.2 Å². The maximum absolute atomic E-state index is 13.4. The van der Waals surface area contributed by atoms with Crippen molar-refractivity contribution < 1.29 is 9.13 Å². The molecule has 4 atom stereocenters. The zero-order chi connectivity index (χ0) is 13.4. The molecule has 0 saturated carbocycles. The Bertz CT molecular complexity index is 440. The van der Waals surface area contributed by atoms with Crippen LogP contribution in [0.3, 0.4) is 0 Å². The van der Waals surface area contributed by atoms with Crippen molar-refractivity contribution in [1.29, 1.82) is 0 Å². The van der Waals surface area contributed by atoms with Gasteiger partial charge in [0.2, 0.25) is 0 Å². The van der Waals surface area contributed by atoms with E-state index in [1.165, 1.54) is 6.07 Å². The summed E-state index contributed by atoms with van der Waals surface area (Å²) in [6.07, 6.45) is 2.92. The molecule has 2 N–H and O–H groups in total. The van der Waals surface area contributed by atoms with E-state index in [1.807, 2.05) is 13.0 Å². The monoisotopic (exact) mass is 264 g/mol. The molecule has 2 saturated heterocycles. The van der Waals surface area contributed by atoms with Crippen molar-refractivity contribution in [3.8, 4) is 0 Å². The van der Waals surface area contributed by atoms with Crippen LogP contribution in [-0.4, -0.2) is 36.2 Å². The van der Waals surface area contributed by atoms with Gasteiger partial charge in [-0.3, -0.25) is 4.90 Å². The quantitative estimate of drug-likeness (QED) is 0.908. The highest BCUT2D eigenvalue weighted by Gasteiger charge is 2.37. The smallest absolute Gasteiger partial charge is 0.123 e. The zero-order valence-corrected chi connectivity index (χ0v) is 11.3. The molecule has 2 heterocycles. The lowest BCUT2D eigenvalue weighted by Crippen LogP contribution is -2.48. The van der Waals surface area contributed by atoms with E-state index in [4.69, 9.17) is 10.5 Å². The number of ether oxygens (including phenoxy) is 1. The highest BCUT2D eigenvalue weighted by Crippen LogP contribution is 2.33. The second-order valence-corrected chi connectivity index (χ2v) is 5.77. The fraction of sp³-hybridized carbons (Fsp3) is 0.600. The van der Waals surface area contributed by atoms with Crippen molar-refractivity contribution in [2.45, 2.75) is 44.1 Å². The molecule has 2 aliphatic heterocycles. The number of hydrogen-bond donors (Lipinski definition) is 1. The molecule has 4 unspecified atom stereocenters. The van der Waals surface area contributed by atoms with Crippen LogP contribution in [0.2, 0.25) is 0 Å². The summed E-state index contributed by atoms with van der Waals surface area (Å²) >= 11 is 0. The summed E-state index contributed by atoms with van der Waals surface area (Å²) in [6.45, 7) is 3.80. The van der Waals surface area contributed by atoms with Gasteiger partial charge in [-0.25, -0.2) is 4.39 Å². The number of halogens is 1. The number of nitrogens with zero attached hydrogens (tertiary/aromatic N) is 1. The summed E-state index contributed by atoms with van der Waals surface area (Å²) in [4.78, 5) is 2.37. The molecule has 2 fully saturated rings. The van der Waals surface area contributed by atoms with E-state index in [1.54, 1.807) is 12.1 Å². The summed E-state index contributed by atoms with van der Waals surface area (Å²) in [6, 6.07) is 6.85. The minimum absolute atomic E-state index is 0.0284. The van der Waals surface area contributed by atoms with Gasteiger partial charge in [0.25, 0.3) is 0 Å². The number of hydrogen-bond acceptors (Lipinski definition) is 3. The molecule has 0 amide bonds. The predicted octanol–water partition coefficient (Wildman–Crippen LogP) is 2.08. The first kappa shape index (κ1) is 13.0. The Morgan fingerprint density at radius 3 is 2.58 bits per heavy atom. The molecule has 19 heavy (non-hydrogen) atoms. The molecule has 0 aliphatic carbocycles. The molecule has 0 aromatic heterocycles. The number of likely N-dealkylation sites (tertiary alicyclic amines) is 1. The number of fused-ring (bicyclic) bond motifs is 2. The van der Waals surface area contributed by atoms with Gasteiger partial charge < -0.3 is 10.5 Å². The van der Waals surface area contributed by atoms with Crippen molar-refractivity contribution >= 4 is 0 Å². The van der Waals surface area contributed by atoms with Crippen LogP contribution in [0.5, 0.6) is 0 Å². The molecular formula is C15H21FN2O.